The summed E-state index contributed by atoms with van der Waals surface area (Å²) in [6.07, 6.45) is 12.7. The van der Waals surface area contributed by atoms with Crippen molar-refractivity contribution in [1.82, 2.24) is 0 Å². The molecule has 23 heavy (non-hydrogen) atoms. The number of hydrogen-bond acceptors (Lipinski definition) is 2. The van der Waals surface area contributed by atoms with Crippen molar-refractivity contribution in [1.29, 1.82) is 0 Å². The molecular formula is C21H32O2. The lowest BCUT2D eigenvalue weighted by Crippen LogP contribution is -2.37. The molecule has 2 nitrogen and oxygen atoms in total. The Hall–Kier alpha value is -0.860. The van der Waals surface area contributed by atoms with E-state index in [1.165, 1.54) is 36.8 Å². The van der Waals surface area contributed by atoms with Gasteiger partial charge in [-0.25, -0.2) is 0 Å². The summed E-state index contributed by atoms with van der Waals surface area (Å²) in [5.74, 6) is 1.06. The molecule has 0 aromatic carbocycles. The molecule has 3 fully saturated rings. The molecule has 0 unspecified atom stereocenters. The first-order valence-electron chi connectivity index (χ1n) is 9.35. The zero-order chi connectivity index (χ0) is 16.6. The predicted molar refractivity (Wildman–Crippen MR) is 95.0 cm³/mol. The van der Waals surface area contributed by atoms with E-state index in [9.17, 15) is 10.2 Å². The second-order valence-corrected chi connectivity index (χ2v) is 8.27. The lowest BCUT2D eigenvalue weighted by Gasteiger charge is -2.43. The predicted octanol–water partition coefficient (Wildman–Crippen LogP) is 4.54. The average Bonchev–Trinajstić information content (AvgIpc) is 2.86. The molecule has 3 aliphatic rings. The van der Waals surface area contributed by atoms with Gasteiger partial charge in [0.25, 0.3) is 0 Å². The summed E-state index contributed by atoms with van der Waals surface area (Å²) < 4.78 is 0. The summed E-state index contributed by atoms with van der Waals surface area (Å²) in [5, 5.41) is 20.1. The highest BCUT2D eigenvalue weighted by molar-refractivity contribution is 5.36. The molecule has 3 rings (SSSR count). The standard InChI is InChI=1S/C21H32O2/c1-14-6-9-18(23)13-17(14)8-7-16-5-4-12-21(3)19(15(2)22)10-11-20(16)21/h7-8,15,18-20,22-23H,1,4-6,9-13H2,2-3H3/b16-7+,17-8-/t15-,18+,19+,20-,21+/m0/s1. The van der Waals surface area contributed by atoms with Gasteiger partial charge in [0.1, 0.15) is 0 Å². The Balaban J connectivity index is 1.81. The topological polar surface area (TPSA) is 40.5 Å². The Morgan fingerprint density at radius 2 is 2.00 bits per heavy atom. The Labute approximate surface area is 141 Å². The number of allylic oxidation sites excluding steroid dienone is 4. The Bertz CT molecular complexity index is 528. The molecule has 128 valence electrons. The van der Waals surface area contributed by atoms with Gasteiger partial charge in [-0.05, 0) is 81.1 Å². The monoisotopic (exact) mass is 316 g/mol. The van der Waals surface area contributed by atoms with Crippen LogP contribution in [0.3, 0.4) is 0 Å². The number of fused-ring (bicyclic) bond motifs is 1. The summed E-state index contributed by atoms with van der Waals surface area (Å²) in [5.41, 5.74) is 4.25. The van der Waals surface area contributed by atoms with Crippen molar-refractivity contribution in [3.05, 3.63) is 35.5 Å². The second kappa shape index (κ2) is 6.57. The molecule has 0 aromatic heterocycles. The Morgan fingerprint density at radius 3 is 2.74 bits per heavy atom. The van der Waals surface area contributed by atoms with Gasteiger partial charge in [0.15, 0.2) is 0 Å². The molecular weight excluding hydrogens is 284 g/mol. The summed E-state index contributed by atoms with van der Waals surface area (Å²) in [6, 6.07) is 0. The molecule has 0 bridgehead atoms. The van der Waals surface area contributed by atoms with E-state index in [4.69, 9.17) is 0 Å². The lowest BCUT2D eigenvalue weighted by molar-refractivity contribution is 0.0302. The van der Waals surface area contributed by atoms with Gasteiger partial charge in [-0.3, -0.25) is 0 Å². The minimum atomic E-state index is -0.201. The molecule has 0 spiro atoms. The third-order valence-corrected chi connectivity index (χ3v) is 6.81. The highest BCUT2D eigenvalue weighted by Crippen LogP contribution is 2.58. The van der Waals surface area contributed by atoms with Gasteiger partial charge >= 0.3 is 0 Å². The van der Waals surface area contributed by atoms with Gasteiger partial charge in [0.2, 0.25) is 0 Å². The molecule has 3 aliphatic carbocycles. The van der Waals surface area contributed by atoms with Gasteiger partial charge in [-0.2, -0.15) is 0 Å². The molecule has 0 heterocycles. The van der Waals surface area contributed by atoms with E-state index in [0.717, 1.165) is 25.7 Å². The van der Waals surface area contributed by atoms with E-state index < -0.39 is 0 Å². The average molecular weight is 316 g/mol. The Kier molecular flexibility index (Phi) is 4.85. The maximum atomic E-state index is 10.2. The number of rotatable bonds is 2. The van der Waals surface area contributed by atoms with Crippen LogP contribution < -0.4 is 0 Å². The van der Waals surface area contributed by atoms with Crippen molar-refractivity contribution >= 4 is 0 Å². The molecule has 2 N–H and O–H groups in total. The van der Waals surface area contributed by atoms with Crippen molar-refractivity contribution in [2.75, 3.05) is 0 Å². The summed E-state index contributed by atoms with van der Waals surface area (Å²) >= 11 is 0. The maximum Gasteiger partial charge on any atom is 0.0583 e. The summed E-state index contributed by atoms with van der Waals surface area (Å²) in [6.45, 7) is 8.53. The maximum absolute atomic E-state index is 10.2. The fourth-order valence-electron chi connectivity index (χ4n) is 5.47. The van der Waals surface area contributed by atoms with Crippen LogP contribution in [0.15, 0.2) is 35.5 Å². The largest absolute Gasteiger partial charge is 0.393 e. The van der Waals surface area contributed by atoms with Crippen molar-refractivity contribution in [3.8, 4) is 0 Å². The van der Waals surface area contributed by atoms with E-state index >= 15 is 0 Å². The van der Waals surface area contributed by atoms with Crippen molar-refractivity contribution in [2.45, 2.75) is 77.4 Å². The molecule has 3 saturated carbocycles. The van der Waals surface area contributed by atoms with E-state index in [1.807, 2.05) is 6.92 Å². The quantitative estimate of drug-likeness (QED) is 0.785. The first kappa shape index (κ1) is 17.0. The number of hydrogen-bond donors (Lipinski definition) is 2. The molecule has 0 saturated heterocycles. The Morgan fingerprint density at radius 1 is 1.22 bits per heavy atom. The van der Waals surface area contributed by atoms with Crippen LogP contribution in [0.4, 0.5) is 0 Å². The van der Waals surface area contributed by atoms with Crippen LogP contribution in [-0.2, 0) is 0 Å². The molecule has 2 heteroatoms. The van der Waals surface area contributed by atoms with Crippen LogP contribution in [0, 0.1) is 17.3 Å². The van der Waals surface area contributed by atoms with Crippen molar-refractivity contribution in [2.24, 2.45) is 17.3 Å². The van der Waals surface area contributed by atoms with Crippen LogP contribution in [0.2, 0.25) is 0 Å². The third-order valence-electron chi connectivity index (χ3n) is 6.81. The number of aliphatic hydroxyl groups is 2. The van der Waals surface area contributed by atoms with Crippen LogP contribution >= 0.6 is 0 Å². The first-order valence-corrected chi connectivity index (χ1v) is 9.35. The van der Waals surface area contributed by atoms with E-state index in [2.05, 4.69) is 25.7 Å². The van der Waals surface area contributed by atoms with Gasteiger partial charge in [0, 0.05) is 0 Å². The lowest BCUT2D eigenvalue weighted by atomic mass is 9.62. The third kappa shape index (κ3) is 3.21. The van der Waals surface area contributed by atoms with Crippen LogP contribution in [0.1, 0.15) is 65.2 Å². The van der Waals surface area contributed by atoms with Gasteiger partial charge < -0.3 is 10.2 Å². The zero-order valence-corrected chi connectivity index (χ0v) is 14.7. The summed E-state index contributed by atoms with van der Waals surface area (Å²) in [7, 11) is 0. The minimum absolute atomic E-state index is 0.198. The van der Waals surface area contributed by atoms with Gasteiger partial charge in [-0.1, -0.05) is 36.8 Å². The molecule has 5 atom stereocenters. The normalized spacial score (nSPS) is 43.0. The second-order valence-electron chi connectivity index (χ2n) is 8.27. The fraction of sp³-hybridized carbons (Fsp3) is 0.714. The van der Waals surface area contributed by atoms with E-state index in [0.29, 0.717) is 11.8 Å². The SMILES string of the molecule is C=C1CC[C@@H](O)C/C1=C/C=C1\CCC[C@]2(C)[C@@H]([C@H](C)O)CC[C@@H]12. The van der Waals surface area contributed by atoms with Crippen molar-refractivity contribution < 1.29 is 10.2 Å². The highest BCUT2D eigenvalue weighted by Gasteiger charge is 2.50. The van der Waals surface area contributed by atoms with Crippen LogP contribution in [0.25, 0.3) is 0 Å². The zero-order valence-electron chi connectivity index (χ0n) is 14.7. The smallest absolute Gasteiger partial charge is 0.0583 e. The van der Waals surface area contributed by atoms with Crippen molar-refractivity contribution in [3.63, 3.8) is 0 Å². The summed E-state index contributed by atoms with van der Waals surface area (Å²) in [4.78, 5) is 0. The fourth-order valence-corrected chi connectivity index (χ4v) is 5.47. The van der Waals surface area contributed by atoms with E-state index in [-0.39, 0.29) is 17.6 Å². The van der Waals surface area contributed by atoms with Gasteiger partial charge in [-0.15, -0.1) is 0 Å². The van der Waals surface area contributed by atoms with Crippen LogP contribution in [-0.4, -0.2) is 22.4 Å². The molecule has 0 amide bonds. The van der Waals surface area contributed by atoms with Gasteiger partial charge in [0.05, 0.1) is 12.2 Å². The highest BCUT2D eigenvalue weighted by atomic mass is 16.3. The molecule has 0 aromatic rings. The van der Waals surface area contributed by atoms with Crippen LogP contribution in [0.5, 0.6) is 0 Å². The molecule has 0 radical (unpaired) electrons. The minimum Gasteiger partial charge on any atom is -0.393 e. The number of aliphatic hydroxyl groups excluding tert-OH is 2. The van der Waals surface area contributed by atoms with E-state index in [1.54, 1.807) is 5.57 Å². The first-order chi connectivity index (χ1) is 10.9. The molecule has 0 aliphatic heterocycles.